The van der Waals surface area contributed by atoms with E-state index in [4.69, 9.17) is 0 Å². The molecule has 0 spiro atoms. The number of allylic oxidation sites excluding steroid dienone is 1. The summed E-state index contributed by atoms with van der Waals surface area (Å²) < 4.78 is 11.2. The van der Waals surface area contributed by atoms with Gasteiger partial charge in [0.25, 0.3) is 0 Å². The molecule has 1 aliphatic carbocycles. The average Bonchev–Trinajstić information content (AvgIpc) is 2.22. The van der Waals surface area contributed by atoms with E-state index in [-0.39, 0.29) is 5.25 Å². The molecule has 16 heavy (non-hydrogen) atoms. The molecule has 0 aromatic heterocycles. The van der Waals surface area contributed by atoms with Crippen molar-refractivity contribution in [3.8, 4) is 0 Å². The first-order valence-corrected chi connectivity index (χ1v) is 7.84. The monoisotopic (exact) mass is 243 g/mol. The topological polar surface area (TPSA) is 29.1 Å². The minimum Gasteiger partial charge on any atom is -0.315 e. The van der Waals surface area contributed by atoms with Gasteiger partial charge < -0.3 is 5.32 Å². The van der Waals surface area contributed by atoms with Crippen LogP contribution in [-0.4, -0.2) is 28.8 Å². The molecule has 3 heteroatoms. The second-order valence-electron chi connectivity index (χ2n) is 5.08. The van der Waals surface area contributed by atoms with Gasteiger partial charge in [-0.25, -0.2) is 0 Å². The van der Waals surface area contributed by atoms with Crippen LogP contribution < -0.4 is 5.32 Å². The van der Waals surface area contributed by atoms with Crippen LogP contribution >= 0.6 is 0 Å². The van der Waals surface area contributed by atoms with Crippen LogP contribution in [0.3, 0.4) is 0 Å². The van der Waals surface area contributed by atoms with Gasteiger partial charge in [-0.1, -0.05) is 18.6 Å². The van der Waals surface area contributed by atoms with E-state index < -0.39 is 10.8 Å². The maximum Gasteiger partial charge on any atom is 0.0441 e. The van der Waals surface area contributed by atoms with Gasteiger partial charge in [-0.2, -0.15) is 0 Å². The van der Waals surface area contributed by atoms with E-state index in [0.717, 1.165) is 19.0 Å². The maximum absolute atomic E-state index is 11.2. The van der Waals surface area contributed by atoms with E-state index in [1.165, 1.54) is 18.4 Å². The first kappa shape index (κ1) is 13.9. The van der Waals surface area contributed by atoms with Crippen LogP contribution in [0.2, 0.25) is 0 Å². The third-order valence-corrected chi connectivity index (χ3v) is 5.02. The Hall–Kier alpha value is -0.150. The first-order chi connectivity index (χ1) is 7.52. The van der Waals surface area contributed by atoms with Crippen molar-refractivity contribution in [1.82, 2.24) is 5.32 Å². The van der Waals surface area contributed by atoms with E-state index in [1.807, 2.05) is 6.92 Å². The summed E-state index contributed by atoms with van der Waals surface area (Å²) in [5.41, 5.74) is 1.52. The van der Waals surface area contributed by atoms with E-state index in [2.05, 4.69) is 25.2 Å². The van der Waals surface area contributed by atoms with Crippen molar-refractivity contribution in [1.29, 1.82) is 0 Å². The van der Waals surface area contributed by atoms with Crippen molar-refractivity contribution >= 4 is 10.8 Å². The Bertz CT molecular complexity index is 275. The second kappa shape index (κ2) is 6.55. The Morgan fingerprint density at radius 1 is 1.62 bits per heavy atom. The molecular formula is C13H25NOS. The fourth-order valence-corrected chi connectivity index (χ4v) is 2.65. The van der Waals surface area contributed by atoms with Gasteiger partial charge in [-0.15, -0.1) is 0 Å². The molecule has 0 saturated heterocycles. The number of hydrogen-bond acceptors (Lipinski definition) is 2. The van der Waals surface area contributed by atoms with Gasteiger partial charge in [0.1, 0.15) is 0 Å². The molecule has 0 aromatic carbocycles. The molecule has 0 aliphatic heterocycles. The summed E-state index contributed by atoms with van der Waals surface area (Å²) in [6.45, 7) is 8.51. The fraction of sp³-hybridized carbons (Fsp3) is 0.846. The Balaban J connectivity index is 2.34. The van der Waals surface area contributed by atoms with Crippen LogP contribution in [0.15, 0.2) is 11.6 Å². The summed E-state index contributed by atoms with van der Waals surface area (Å²) >= 11 is 0. The molecule has 4 atom stereocenters. The van der Waals surface area contributed by atoms with E-state index in [1.54, 1.807) is 6.26 Å². The van der Waals surface area contributed by atoms with Gasteiger partial charge in [0, 0.05) is 35.4 Å². The van der Waals surface area contributed by atoms with Gasteiger partial charge in [0.05, 0.1) is 0 Å². The van der Waals surface area contributed by atoms with Crippen molar-refractivity contribution in [3.63, 3.8) is 0 Å². The zero-order valence-corrected chi connectivity index (χ0v) is 11.8. The Labute approximate surface area is 102 Å². The van der Waals surface area contributed by atoms with Crippen molar-refractivity contribution < 1.29 is 4.21 Å². The molecular weight excluding hydrogens is 218 g/mol. The quantitative estimate of drug-likeness (QED) is 0.751. The third-order valence-electron chi connectivity index (χ3n) is 3.72. The van der Waals surface area contributed by atoms with Crippen LogP contribution in [0.5, 0.6) is 0 Å². The average molecular weight is 243 g/mol. The van der Waals surface area contributed by atoms with E-state index in [0.29, 0.717) is 5.92 Å². The second-order valence-corrected chi connectivity index (χ2v) is 6.88. The lowest BCUT2D eigenvalue weighted by atomic mass is 9.80. The molecule has 0 unspecified atom stereocenters. The summed E-state index contributed by atoms with van der Waals surface area (Å²) in [4.78, 5) is 0. The van der Waals surface area contributed by atoms with E-state index >= 15 is 0 Å². The van der Waals surface area contributed by atoms with Crippen LogP contribution in [0.25, 0.3) is 0 Å². The van der Waals surface area contributed by atoms with Crippen molar-refractivity contribution in [2.45, 2.75) is 38.9 Å². The summed E-state index contributed by atoms with van der Waals surface area (Å²) in [5.74, 6) is 1.45. The predicted molar refractivity (Wildman–Crippen MR) is 72.0 cm³/mol. The zero-order chi connectivity index (χ0) is 12.1. The summed E-state index contributed by atoms with van der Waals surface area (Å²) in [6, 6.07) is 0. The molecule has 0 aromatic rings. The SMILES string of the molecule is CC1=CCC[C@@H](C)[C@@H]1CNC[C@@H](C)[S@](C)=O. The molecule has 0 bridgehead atoms. The van der Waals surface area contributed by atoms with Crippen LogP contribution in [-0.2, 0) is 10.8 Å². The summed E-state index contributed by atoms with van der Waals surface area (Å²) in [5, 5.41) is 3.72. The predicted octanol–water partition coefficient (Wildman–Crippen LogP) is 2.34. The summed E-state index contributed by atoms with van der Waals surface area (Å²) in [6.07, 6.45) is 6.69. The maximum atomic E-state index is 11.2. The fourth-order valence-electron chi connectivity index (χ4n) is 2.30. The van der Waals surface area contributed by atoms with Gasteiger partial charge in [-0.05, 0) is 38.5 Å². The van der Waals surface area contributed by atoms with Crippen LogP contribution in [0, 0.1) is 11.8 Å². The zero-order valence-electron chi connectivity index (χ0n) is 11.0. The van der Waals surface area contributed by atoms with Gasteiger partial charge in [0.15, 0.2) is 0 Å². The molecule has 0 saturated carbocycles. The van der Waals surface area contributed by atoms with Gasteiger partial charge >= 0.3 is 0 Å². The molecule has 0 heterocycles. The van der Waals surface area contributed by atoms with Crippen molar-refractivity contribution in [2.75, 3.05) is 19.3 Å². The lowest BCUT2D eigenvalue weighted by molar-refractivity contribution is 0.351. The first-order valence-electron chi connectivity index (χ1n) is 6.22. The van der Waals surface area contributed by atoms with Crippen LogP contribution in [0.4, 0.5) is 0 Å². The Kier molecular flexibility index (Phi) is 5.70. The Morgan fingerprint density at radius 3 is 2.88 bits per heavy atom. The number of hydrogen-bond donors (Lipinski definition) is 1. The number of rotatable bonds is 5. The van der Waals surface area contributed by atoms with Crippen molar-refractivity contribution in [2.24, 2.45) is 11.8 Å². The molecule has 1 rings (SSSR count). The Morgan fingerprint density at radius 2 is 2.31 bits per heavy atom. The smallest absolute Gasteiger partial charge is 0.0441 e. The molecule has 0 radical (unpaired) electrons. The minimum absolute atomic E-state index is 0.253. The third kappa shape index (κ3) is 4.02. The van der Waals surface area contributed by atoms with E-state index in [9.17, 15) is 4.21 Å². The highest BCUT2D eigenvalue weighted by Gasteiger charge is 2.21. The molecule has 1 aliphatic rings. The standard InChI is InChI=1S/C13H25NOS/c1-10-6-5-7-11(2)13(10)9-14-8-12(3)16(4)15/h6,11-14H,5,7-9H2,1-4H3/t11-,12-,13-,16+/m1/s1. The molecule has 1 N–H and O–H groups in total. The molecule has 2 nitrogen and oxygen atoms in total. The molecule has 94 valence electrons. The van der Waals surface area contributed by atoms with Crippen molar-refractivity contribution in [3.05, 3.63) is 11.6 Å². The lowest BCUT2D eigenvalue weighted by Gasteiger charge is -2.29. The molecule has 0 fully saturated rings. The van der Waals surface area contributed by atoms with Gasteiger partial charge in [-0.3, -0.25) is 4.21 Å². The summed E-state index contributed by atoms with van der Waals surface area (Å²) in [7, 11) is -0.711. The lowest BCUT2D eigenvalue weighted by Crippen LogP contribution is -2.34. The normalized spacial score (nSPS) is 29.6. The largest absolute Gasteiger partial charge is 0.315 e. The minimum atomic E-state index is -0.711. The molecule has 0 amide bonds. The highest BCUT2D eigenvalue weighted by Crippen LogP contribution is 2.29. The highest BCUT2D eigenvalue weighted by atomic mass is 32.2. The van der Waals surface area contributed by atoms with Crippen LogP contribution in [0.1, 0.15) is 33.6 Å². The van der Waals surface area contributed by atoms with Gasteiger partial charge in [0.2, 0.25) is 0 Å². The highest BCUT2D eigenvalue weighted by molar-refractivity contribution is 7.84. The number of nitrogens with one attached hydrogen (secondary N) is 1.